The molecule has 21 heavy (non-hydrogen) atoms. The van der Waals surface area contributed by atoms with Gasteiger partial charge in [-0.25, -0.2) is 0 Å². The summed E-state index contributed by atoms with van der Waals surface area (Å²) in [5.41, 5.74) is 3.72. The van der Waals surface area contributed by atoms with Crippen molar-refractivity contribution in [2.45, 2.75) is 25.4 Å². The second kappa shape index (κ2) is 8.88. The van der Waals surface area contributed by atoms with Gasteiger partial charge in [-0.3, -0.25) is 0 Å². The Balaban J connectivity index is 1.60. The summed E-state index contributed by atoms with van der Waals surface area (Å²) in [6, 6.07) is 18.5. The lowest BCUT2D eigenvalue weighted by atomic mass is 10.2. The summed E-state index contributed by atoms with van der Waals surface area (Å²) in [6.07, 6.45) is -0.413. The fourth-order valence-corrected chi connectivity index (χ4v) is 2.95. The number of ether oxygens (including phenoxy) is 1. The topological polar surface area (TPSA) is 29.5 Å². The molecule has 0 spiro atoms. The number of benzene rings is 2. The first-order valence-electron chi connectivity index (χ1n) is 7.17. The van der Waals surface area contributed by atoms with Gasteiger partial charge >= 0.3 is 0 Å². The SMILES string of the molecule is Cc1cccc(CSCC(O)COCc2ccccc2)c1. The van der Waals surface area contributed by atoms with E-state index in [0.29, 0.717) is 19.0 Å². The molecule has 0 heterocycles. The second-order valence-electron chi connectivity index (χ2n) is 5.16. The van der Waals surface area contributed by atoms with Gasteiger partial charge in [-0.05, 0) is 18.1 Å². The molecule has 0 amide bonds. The summed E-state index contributed by atoms with van der Waals surface area (Å²) in [4.78, 5) is 0. The maximum Gasteiger partial charge on any atom is 0.0864 e. The van der Waals surface area contributed by atoms with Gasteiger partial charge in [0.05, 0.1) is 19.3 Å². The van der Waals surface area contributed by atoms with Crippen molar-refractivity contribution in [3.63, 3.8) is 0 Å². The zero-order valence-electron chi connectivity index (χ0n) is 12.4. The molecule has 0 saturated heterocycles. The molecular weight excluding hydrogens is 280 g/mol. The van der Waals surface area contributed by atoms with E-state index >= 15 is 0 Å². The van der Waals surface area contributed by atoms with Crippen LogP contribution in [0.4, 0.5) is 0 Å². The van der Waals surface area contributed by atoms with Crippen molar-refractivity contribution in [3.8, 4) is 0 Å². The van der Waals surface area contributed by atoms with E-state index in [4.69, 9.17) is 4.74 Å². The Bertz CT molecular complexity index is 528. The summed E-state index contributed by atoms with van der Waals surface area (Å²) in [5.74, 6) is 1.63. The van der Waals surface area contributed by atoms with Crippen LogP contribution in [0.25, 0.3) is 0 Å². The van der Waals surface area contributed by atoms with E-state index < -0.39 is 6.10 Å². The van der Waals surface area contributed by atoms with Crippen LogP contribution in [-0.2, 0) is 17.1 Å². The fraction of sp³-hybridized carbons (Fsp3) is 0.333. The molecule has 1 unspecified atom stereocenters. The Morgan fingerprint density at radius 2 is 1.81 bits per heavy atom. The van der Waals surface area contributed by atoms with Gasteiger partial charge < -0.3 is 9.84 Å². The molecule has 0 radical (unpaired) electrons. The molecule has 0 aliphatic heterocycles. The largest absolute Gasteiger partial charge is 0.390 e. The Kier molecular flexibility index (Phi) is 6.80. The first-order valence-corrected chi connectivity index (χ1v) is 8.32. The number of hydrogen-bond donors (Lipinski definition) is 1. The van der Waals surface area contributed by atoms with Gasteiger partial charge in [0, 0.05) is 11.5 Å². The second-order valence-corrected chi connectivity index (χ2v) is 6.19. The minimum Gasteiger partial charge on any atom is -0.390 e. The summed E-state index contributed by atoms with van der Waals surface area (Å²) in [6.45, 7) is 3.04. The highest BCUT2D eigenvalue weighted by Crippen LogP contribution is 2.14. The molecule has 3 heteroatoms. The molecular formula is C18H22O2S. The molecule has 1 atom stereocenters. The highest BCUT2D eigenvalue weighted by molar-refractivity contribution is 7.98. The Morgan fingerprint density at radius 3 is 2.57 bits per heavy atom. The number of aliphatic hydroxyl groups excluding tert-OH is 1. The third-order valence-electron chi connectivity index (χ3n) is 3.08. The molecule has 2 rings (SSSR count). The van der Waals surface area contributed by atoms with Crippen molar-refractivity contribution < 1.29 is 9.84 Å². The zero-order valence-corrected chi connectivity index (χ0v) is 13.2. The Hall–Kier alpha value is -1.29. The van der Waals surface area contributed by atoms with Crippen LogP contribution in [0, 0.1) is 6.92 Å². The van der Waals surface area contributed by atoms with Crippen molar-refractivity contribution >= 4 is 11.8 Å². The van der Waals surface area contributed by atoms with E-state index in [-0.39, 0.29) is 0 Å². The Labute approximate surface area is 131 Å². The third-order valence-corrected chi connectivity index (χ3v) is 4.24. The standard InChI is InChI=1S/C18H22O2S/c1-15-6-5-9-17(10-15)13-21-14-18(19)12-20-11-16-7-3-2-4-8-16/h2-10,18-19H,11-14H2,1H3. The quantitative estimate of drug-likeness (QED) is 0.804. The zero-order chi connectivity index (χ0) is 14.9. The first-order chi connectivity index (χ1) is 10.2. The average Bonchev–Trinajstić information content (AvgIpc) is 2.48. The van der Waals surface area contributed by atoms with Crippen LogP contribution < -0.4 is 0 Å². The predicted octanol–water partition coefficient (Wildman–Crippen LogP) is 3.81. The lowest BCUT2D eigenvalue weighted by molar-refractivity contribution is 0.0398. The first kappa shape index (κ1) is 16.1. The number of aryl methyl sites for hydroxylation is 1. The molecule has 0 fully saturated rings. The van der Waals surface area contributed by atoms with Crippen LogP contribution in [0.1, 0.15) is 16.7 Å². The predicted molar refractivity (Wildman–Crippen MR) is 89.4 cm³/mol. The van der Waals surface area contributed by atoms with Gasteiger partial charge in [-0.1, -0.05) is 60.2 Å². The highest BCUT2D eigenvalue weighted by atomic mass is 32.2. The van der Waals surface area contributed by atoms with Gasteiger partial charge in [-0.15, -0.1) is 0 Å². The van der Waals surface area contributed by atoms with Gasteiger partial charge in [-0.2, -0.15) is 11.8 Å². The highest BCUT2D eigenvalue weighted by Gasteiger charge is 2.05. The normalized spacial score (nSPS) is 12.3. The van der Waals surface area contributed by atoms with E-state index in [1.807, 2.05) is 30.3 Å². The van der Waals surface area contributed by atoms with Crippen molar-refractivity contribution in [2.75, 3.05) is 12.4 Å². The van der Waals surface area contributed by atoms with E-state index in [9.17, 15) is 5.11 Å². The Morgan fingerprint density at radius 1 is 1.05 bits per heavy atom. The van der Waals surface area contributed by atoms with Crippen molar-refractivity contribution in [3.05, 3.63) is 71.3 Å². The molecule has 0 aliphatic carbocycles. The number of thioether (sulfide) groups is 1. The van der Waals surface area contributed by atoms with Crippen LogP contribution in [-0.4, -0.2) is 23.6 Å². The van der Waals surface area contributed by atoms with Gasteiger partial charge in [0.15, 0.2) is 0 Å². The number of rotatable bonds is 8. The fourth-order valence-electron chi connectivity index (χ4n) is 2.05. The van der Waals surface area contributed by atoms with Gasteiger partial charge in [0.25, 0.3) is 0 Å². The molecule has 0 bridgehead atoms. The van der Waals surface area contributed by atoms with E-state index in [1.165, 1.54) is 11.1 Å². The lowest BCUT2D eigenvalue weighted by Crippen LogP contribution is -2.18. The molecule has 2 aromatic carbocycles. The third kappa shape index (κ3) is 6.34. The molecule has 0 aromatic heterocycles. The van der Waals surface area contributed by atoms with Crippen LogP contribution >= 0.6 is 11.8 Å². The minimum atomic E-state index is -0.413. The monoisotopic (exact) mass is 302 g/mol. The van der Waals surface area contributed by atoms with E-state index in [1.54, 1.807) is 11.8 Å². The molecule has 0 saturated carbocycles. The van der Waals surface area contributed by atoms with E-state index in [2.05, 4.69) is 31.2 Å². The van der Waals surface area contributed by atoms with Crippen molar-refractivity contribution in [2.24, 2.45) is 0 Å². The maximum atomic E-state index is 9.91. The minimum absolute atomic E-state index is 0.385. The summed E-state index contributed by atoms with van der Waals surface area (Å²) in [5, 5.41) is 9.91. The molecule has 0 aliphatic rings. The van der Waals surface area contributed by atoms with Gasteiger partial charge in [0.1, 0.15) is 0 Å². The van der Waals surface area contributed by atoms with Crippen LogP contribution in [0.3, 0.4) is 0 Å². The van der Waals surface area contributed by atoms with Crippen molar-refractivity contribution in [1.82, 2.24) is 0 Å². The summed E-state index contributed by atoms with van der Waals surface area (Å²) in [7, 11) is 0. The van der Waals surface area contributed by atoms with Crippen LogP contribution in [0.15, 0.2) is 54.6 Å². The van der Waals surface area contributed by atoms with Crippen LogP contribution in [0.2, 0.25) is 0 Å². The summed E-state index contributed by atoms with van der Waals surface area (Å²) < 4.78 is 5.54. The van der Waals surface area contributed by atoms with E-state index in [0.717, 1.165) is 11.3 Å². The lowest BCUT2D eigenvalue weighted by Gasteiger charge is -2.11. The maximum absolute atomic E-state index is 9.91. The molecule has 2 nitrogen and oxygen atoms in total. The smallest absolute Gasteiger partial charge is 0.0864 e. The number of hydrogen-bond acceptors (Lipinski definition) is 3. The van der Waals surface area contributed by atoms with Crippen LogP contribution in [0.5, 0.6) is 0 Å². The number of aliphatic hydroxyl groups is 1. The molecule has 1 N–H and O–H groups in total. The average molecular weight is 302 g/mol. The molecule has 112 valence electrons. The summed E-state index contributed by atoms with van der Waals surface area (Å²) >= 11 is 1.74. The van der Waals surface area contributed by atoms with Crippen molar-refractivity contribution in [1.29, 1.82) is 0 Å². The van der Waals surface area contributed by atoms with Gasteiger partial charge in [0.2, 0.25) is 0 Å². The molecule has 2 aromatic rings.